The molecule has 0 unspecified atom stereocenters. The Labute approximate surface area is 162 Å². The quantitative estimate of drug-likeness (QED) is 0.719. The highest BCUT2D eigenvalue weighted by Crippen LogP contribution is 2.23. The molecule has 0 bridgehead atoms. The second-order valence-corrected chi connectivity index (χ2v) is 7.72. The summed E-state index contributed by atoms with van der Waals surface area (Å²) < 4.78 is 6.22. The lowest BCUT2D eigenvalue weighted by Crippen LogP contribution is -2.39. The van der Waals surface area contributed by atoms with Crippen LogP contribution in [0.3, 0.4) is 0 Å². The van der Waals surface area contributed by atoms with Crippen molar-refractivity contribution in [1.29, 1.82) is 0 Å². The third-order valence-electron chi connectivity index (χ3n) is 4.53. The van der Waals surface area contributed by atoms with E-state index in [1.807, 2.05) is 48.1 Å². The minimum absolute atomic E-state index is 0.444. The van der Waals surface area contributed by atoms with Crippen LogP contribution in [-0.4, -0.2) is 38.3 Å². The monoisotopic (exact) mass is 388 g/mol. The number of rotatable bonds is 5. The van der Waals surface area contributed by atoms with E-state index < -0.39 is 0 Å². The fourth-order valence-corrected chi connectivity index (χ4v) is 3.99. The first-order valence-electron chi connectivity index (χ1n) is 8.75. The summed E-state index contributed by atoms with van der Waals surface area (Å²) in [6.45, 7) is 4.68. The molecule has 0 aliphatic carbocycles. The Hall–Kier alpha value is -2.12. The zero-order valence-electron chi connectivity index (χ0n) is 14.6. The summed E-state index contributed by atoms with van der Waals surface area (Å²) >= 11 is 7.42. The maximum atomic E-state index is 5.94. The summed E-state index contributed by atoms with van der Waals surface area (Å²) in [4.78, 5) is 6.80. The van der Waals surface area contributed by atoms with Gasteiger partial charge in [0.1, 0.15) is 11.6 Å². The smallest absolute Gasteiger partial charge is 0.205 e. The fraction of sp³-hybridized carbons (Fsp3) is 0.389. The number of nitrogens with zero attached hydrogens (tertiary/aromatic N) is 5. The van der Waals surface area contributed by atoms with Crippen molar-refractivity contribution in [3.05, 3.63) is 52.9 Å². The van der Waals surface area contributed by atoms with E-state index in [0.29, 0.717) is 6.04 Å². The Morgan fingerprint density at radius 3 is 2.65 bits per heavy atom. The molecule has 1 fully saturated rings. The zero-order chi connectivity index (χ0) is 17.9. The first kappa shape index (κ1) is 17.3. The topological polar surface area (TPSA) is 58.9 Å². The molecule has 3 heterocycles. The first-order valence-corrected chi connectivity index (χ1v) is 9.90. The van der Waals surface area contributed by atoms with E-state index in [1.54, 1.807) is 0 Å². The number of hydrogen-bond acceptors (Lipinski definition) is 6. The van der Waals surface area contributed by atoms with E-state index in [-0.39, 0.29) is 0 Å². The van der Waals surface area contributed by atoms with Gasteiger partial charge in [0.05, 0.1) is 6.54 Å². The second-order valence-electron chi connectivity index (χ2n) is 6.55. The lowest BCUT2D eigenvalue weighted by Gasteiger charge is -2.31. The van der Waals surface area contributed by atoms with Crippen molar-refractivity contribution in [2.24, 2.45) is 0 Å². The van der Waals surface area contributed by atoms with Crippen molar-refractivity contribution in [3.8, 4) is 0 Å². The minimum atomic E-state index is 0.444. The summed E-state index contributed by atoms with van der Waals surface area (Å²) in [5.41, 5.74) is 1.18. The van der Waals surface area contributed by atoms with Crippen molar-refractivity contribution in [2.45, 2.75) is 32.4 Å². The van der Waals surface area contributed by atoms with E-state index in [1.165, 1.54) is 17.1 Å². The third kappa shape index (κ3) is 4.16. The average molecular weight is 389 g/mol. The molecule has 0 atom stereocenters. The molecule has 1 aliphatic heterocycles. The van der Waals surface area contributed by atoms with E-state index in [0.717, 1.165) is 54.3 Å². The molecular formula is C18H21ClN6S. The molecule has 1 aliphatic rings. The molecular weight excluding hydrogens is 368 g/mol. The zero-order valence-corrected chi connectivity index (χ0v) is 16.2. The largest absolute Gasteiger partial charge is 0.366 e. The fourth-order valence-electron chi connectivity index (χ4n) is 3.14. The van der Waals surface area contributed by atoms with Gasteiger partial charge in [-0.3, -0.25) is 4.68 Å². The number of halogens is 1. The standard InChI is InChI=1S/C18H21ClN6S/c1-13-20-18(26-23-13)24-9-6-16(7-10-24)21-17-8-11-25(22-17)12-14-2-4-15(19)5-3-14/h2-5,8,11,16H,6-7,9-10,12H2,1H3,(H,21,22). The highest BCUT2D eigenvalue weighted by atomic mass is 35.5. The number of benzene rings is 1. The summed E-state index contributed by atoms with van der Waals surface area (Å²) in [7, 11) is 0. The van der Waals surface area contributed by atoms with Gasteiger partial charge in [-0.25, -0.2) is 4.98 Å². The van der Waals surface area contributed by atoms with Gasteiger partial charge < -0.3 is 10.2 Å². The van der Waals surface area contributed by atoms with Gasteiger partial charge in [-0.1, -0.05) is 23.7 Å². The molecule has 1 saturated heterocycles. The van der Waals surface area contributed by atoms with Crippen LogP contribution < -0.4 is 10.2 Å². The van der Waals surface area contributed by atoms with Crippen molar-refractivity contribution >= 4 is 34.1 Å². The van der Waals surface area contributed by atoms with Crippen molar-refractivity contribution in [1.82, 2.24) is 19.1 Å². The molecule has 3 aromatic rings. The Morgan fingerprint density at radius 2 is 1.96 bits per heavy atom. The number of anilines is 2. The summed E-state index contributed by atoms with van der Waals surface area (Å²) in [5.74, 6) is 1.79. The van der Waals surface area contributed by atoms with Crippen LogP contribution in [0.15, 0.2) is 36.5 Å². The summed E-state index contributed by atoms with van der Waals surface area (Å²) in [6, 6.07) is 10.4. The predicted octanol–water partition coefficient (Wildman–Crippen LogP) is 3.83. The van der Waals surface area contributed by atoms with Crippen LogP contribution in [0, 0.1) is 6.92 Å². The van der Waals surface area contributed by atoms with Gasteiger partial charge in [0.15, 0.2) is 0 Å². The van der Waals surface area contributed by atoms with Gasteiger partial charge in [0.2, 0.25) is 5.13 Å². The second kappa shape index (κ2) is 7.63. The van der Waals surface area contributed by atoms with E-state index in [9.17, 15) is 0 Å². The van der Waals surface area contributed by atoms with Gasteiger partial charge in [-0.15, -0.1) is 0 Å². The Morgan fingerprint density at radius 1 is 1.19 bits per heavy atom. The predicted molar refractivity (Wildman–Crippen MR) is 106 cm³/mol. The van der Waals surface area contributed by atoms with Crippen molar-refractivity contribution < 1.29 is 0 Å². The maximum Gasteiger partial charge on any atom is 0.205 e. The Kier molecular flexibility index (Phi) is 5.08. The number of aromatic nitrogens is 4. The minimum Gasteiger partial charge on any atom is -0.366 e. The van der Waals surface area contributed by atoms with Crippen LogP contribution in [-0.2, 0) is 6.54 Å². The number of nitrogens with one attached hydrogen (secondary N) is 1. The van der Waals surface area contributed by atoms with Gasteiger partial charge in [-0.05, 0) is 37.5 Å². The molecule has 26 heavy (non-hydrogen) atoms. The highest BCUT2D eigenvalue weighted by molar-refractivity contribution is 7.09. The van der Waals surface area contributed by atoms with Crippen molar-refractivity contribution in [3.63, 3.8) is 0 Å². The van der Waals surface area contributed by atoms with Crippen LogP contribution in [0.2, 0.25) is 5.02 Å². The van der Waals surface area contributed by atoms with Crippen LogP contribution >= 0.6 is 23.1 Å². The molecule has 8 heteroatoms. The molecule has 0 amide bonds. The number of aryl methyl sites for hydroxylation is 1. The van der Waals surface area contributed by atoms with Crippen LogP contribution in [0.1, 0.15) is 24.2 Å². The van der Waals surface area contributed by atoms with E-state index in [4.69, 9.17) is 11.6 Å². The third-order valence-corrected chi connectivity index (χ3v) is 5.65. The first-order chi connectivity index (χ1) is 12.7. The van der Waals surface area contributed by atoms with E-state index in [2.05, 4.69) is 24.7 Å². The normalized spacial score (nSPS) is 15.4. The molecule has 136 valence electrons. The molecule has 2 aromatic heterocycles. The van der Waals surface area contributed by atoms with Crippen LogP contribution in [0.4, 0.5) is 10.9 Å². The van der Waals surface area contributed by atoms with Gasteiger partial charge in [0, 0.05) is 47.9 Å². The Balaban J connectivity index is 1.30. The molecule has 1 N–H and O–H groups in total. The van der Waals surface area contributed by atoms with Gasteiger partial charge >= 0.3 is 0 Å². The van der Waals surface area contributed by atoms with Crippen LogP contribution in [0.25, 0.3) is 0 Å². The average Bonchev–Trinajstić information content (AvgIpc) is 3.27. The highest BCUT2D eigenvalue weighted by Gasteiger charge is 2.21. The van der Waals surface area contributed by atoms with Gasteiger partial charge in [0.25, 0.3) is 0 Å². The maximum absolute atomic E-state index is 5.94. The van der Waals surface area contributed by atoms with Crippen LogP contribution in [0.5, 0.6) is 0 Å². The summed E-state index contributed by atoms with van der Waals surface area (Å²) in [6.07, 6.45) is 4.15. The molecule has 0 radical (unpaired) electrons. The number of piperidine rings is 1. The summed E-state index contributed by atoms with van der Waals surface area (Å²) in [5, 5.41) is 9.99. The Bertz CT molecular complexity index is 851. The molecule has 1 aromatic carbocycles. The van der Waals surface area contributed by atoms with Gasteiger partial charge in [-0.2, -0.15) is 9.47 Å². The lowest BCUT2D eigenvalue weighted by atomic mass is 10.1. The molecule has 0 saturated carbocycles. The molecule has 6 nitrogen and oxygen atoms in total. The van der Waals surface area contributed by atoms with Crippen molar-refractivity contribution in [2.75, 3.05) is 23.3 Å². The molecule has 0 spiro atoms. The lowest BCUT2D eigenvalue weighted by molar-refractivity contribution is 0.523. The van der Waals surface area contributed by atoms with E-state index >= 15 is 0 Å². The molecule has 4 rings (SSSR count). The SMILES string of the molecule is Cc1nsc(N2CCC(Nc3ccn(Cc4ccc(Cl)cc4)n3)CC2)n1. The number of hydrogen-bond donors (Lipinski definition) is 1.